The maximum absolute atomic E-state index is 12.1. The molecule has 5 nitrogen and oxygen atoms in total. The van der Waals surface area contributed by atoms with E-state index in [0.29, 0.717) is 11.5 Å². The Bertz CT molecular complexity index is 463. The highest BCUT2D eigenvalue weighted by molar-refractivity contribution is 7.99. The van der Waals surface area contributed by atoms with Gasteiger partial charge in [-0.3, -0.25) is 4.79 Å². The lowest BCUT2D eigenvalue weighted by Crippen LogP contribution is -2.41. The second kappa shape index (κ2) is 8.79. The fourth-order valence-electron chi connectivity index (χ4n) is 2.01. The minimum Gasteiger partial charge on any atom is -0.497 e. The van der Waals surface area contributed by atoms with Gasteiger partial charge < -0.3 is 19.9 Å². The number of hydrogen-bond acceptors (Lipinski definition) is 5. The number of amides is 1. The molecule has 0 radical (unpaired) electrons. The van der Waals surface area contributed by atoms with E-state index in [0.717, 1.165) is 5.56 Å². The highest BCUT2D eigenvalue weighted by Crippen LogP contribution is 2.25. The summed E-state index contributed by atoms with van der Waals surface area (Å²) in [5, 5.41) is 12.1. The van der Waals surface area contributed by atoms with Crippen LogP contribution in [0.4, 0.5) is 0 Å². The molecule has 0 heterocycles. The average Bonchev–Trinajstić information content (AvgIpc) is 2.48. The zero-order chi connectivity index (χ0) is 15.8. The highest BCUT2D eigenvalue weighted by atomic mass is 32.2. The molecular formula is C15H23NO4S. The lowest BCUT2D eigenvalue weighted by atomic mass is 10.1. The smallest absolute Gasteiger partial charge is 0.224 e. The second-order valence-corrected chi connectivity index (χ2v) is 5.74. The molecule has 1 amide bonds. The fourth-order valence-corrected chi connectivity index (χ4v) is 2.63. The van der Waals surface area contributed by atoms with E-state index in [1.54, 1.807) is 26.4 Å². The second-order valence-electron chi connectivity index (χ2n) is 4.67. The van der Waals surface area contributed by atoms with Gasteiger partial charge in [0.25, 0.3) is 0 Å². The fraction of sp³-hybridized carbons (Fsp3) is 0.533. The van der Waals surface area contributed by atoms with E-state index in [9.17, 15) is 9.90 Å². The maximum atomic E-state index is 12.1. The number of hydrogen-bond donors (Lipinski definition) is 2. The van der Waals surface area contributed by atoms with Crippen molar-refractivity contribution in [3.63, 3.8) is 0 Å². The number of methoxy groups -OCH3 is 2. The highest BCUT2D eigenvalue weighted by Gasteiger charge is 2.18. The maximum Gasteiger partial charge on any atom is 0.224 e. The molecule has 21 heavy (non-hydrogen) atoms. The Morgan fingerprint density at radius 2 is 2.10 bits per heavy atom. The van der Waals surface area contributed by atoms with E-state index < -0.39 is 0 Å². The van der Waals surface area contributed by atoms with Crippen LogP contribution in [0.3, 0.4) is 0 Å². The van der Waals surface area contributed by atoms with Crippen molar-refractivity contribution < 1.29 is 19.4 Å². The van der Waals surface area contributed by atoms with Crippen molar-refractivity contribution in [2.24, 2.45) is 0 Å². The van der Waals surface area contributed by atoms with Gasteiger partial charge in [-0.25, -0.2) is 0 Å². The number of rotatable bonds is 8. The van der Waals surface area contributed by atoms with Crippen LogP contribution in [0.15, 0.2) is 18.2 Å². The molecule has 118 valence electrons. The van der Waals surface area contributed by atoms with E-state index in [1.807, 2.05) is 19.2 Å². The lowest BCUT2D eigenvalue weighted by Gasteiger charge is -2.21. The van der Waals surface area contributed by atoms with Crippen molar-refractivity contribution in [2.45, 2.75) is 24.6 Å². The molecule has 1 aromatic carbocycles. The minimum atomic E-state index is -0.0986. The van der Waals surface area contributed by atoms with Crippen LogP contribution >= 0.6 is 11.8 Å². The van der Waals surface area contributed by atoms with Crippen molar-refractivity contribution in [1.29, 1.82) is 0 Å². The number of carbonyl (C=O) groups is 1. The summed E-state index contributed by atoms with van der Waals surface area (Å²) >= 11 is 1.53. The zero-order valence-electron chi connectivity index (χ0n) is 12.9. The van der Waals surface area contributed by atoms with Crippen LogP contribution in [0, 0.1) is 0 Å². The Balaban J connectivity index is 2.70. The third kappa shape index (κ3) is 5.13. The molecule has 0 fully saturated rings. The molecule has 2 unspecified atom stereocenters. The van der Waals surface area contributed by atoms with Gasteiger partial charge in [-0.1, -0.05) is 6.07 Å². The number of aliphatic hydroxyl groups is 1. The number of carbonyl (C=O) groups excluding carboxylic acids is 1. The van der Waals surface area contributed by atoms with E-state index in [-0.39, 0.29) is 30.2 Å². The SMILES string of the molecule is COc1ccc(CC(=O)NC(C)C(CO)SC)c(OC)c1. The van der Waals surface area contributed by atoms with Gasteiger partial charge in [0.2, 0.25) is 5.91 Å². The number of benzene rings is 1. The Morgan fingerprint density at radius 3 is 2.62 bits per heavy atom. The Kier molecular flexibility index (Phi) is 7.39. The van der Waals surface area contributed by atoms with Gasteiger partial charge in [-0.2, -0.15) is 11.8 Å². The van der Waals surface area contributed by atoms with Crippen LogP contribution in [-0.4, -0.2) is 49.4 Å². The first-order chi connectivity index (χ1) is 10.0. The van der Waals surface area contributed by atoms with Gasteiger partial charge in [0, 0.05) is 22.9 Å². The third-order valence-corrected chi connectivity index (χ3v) is 4.44. The molecule has 6 heteroatoms. The molecule has 0 aliphatic rings. The van der Waals surface area contributed by atoms with E-state index in [4.69, 9.17) is 9.47 Å². The summed E-state index contributed by atoms with van der Waals surface area (Å²) in [6.07, 6.45) is 2.14. The first-order valence-electron chi connectivity index (χ1n) is 6.69. The van der Waals surface area contributed by atoms with E-state index >= 15 is 0 Å². The molecule has 1 rings (SSSR count). The largest absolute Gasteiger partial charge is 0.497 e. The standard InChI is InChI=1S/C15H23NO4S/c1-10(14(9-17)21-4)16-15(18)7-11-5-6-12(19-2)8-13(11)20-3/h5-6,8,10,14,17H,7,9H2,1-4H3,(H,16,18). The molecule has 1 aromatic rings. The molecule has 0 aromatic heterocycles. The summed E-state index contributed by atoms with van der Waals surface area (Å²) in [5.74, 6) is 1.21. The molecule has 0 saturated heterocycles. The monoisotopic (exact) mass is 313 g/mol. The van der Waals surface area contributed by atoms with Crippen LogP contribution in [0.25, 0.3) is 0 Å². The number of aliphatic hydroxyl groups excluding tert-OH is 1. The van der Waals surface area contributed by atoms with Crippen LogP contribution < -0.4 is 14.8 Å². The molecule has 2 atom stereocenters. The Labute approximate surface area is 130 Å². The minimum absolute atomic E-state index is 0.00767. The van der Waals surface area contributed by atoms with Crippen molar-refractivity contribution >= 4 is 17.7 Å². The van der Waals surface area contributed by atoms with Crippen molar-refractivity contribution in [2.75, 3.05) is 27.1 Å². The summed E-state index contributed by atoms with van der Waals surface area (Å²) in [6.45, 7) is 1.93. The summed E-state index contributed by atoms with van der Waals surface area (Å²) in [5.41, 5.74) is 0.799. The van der Waals surface area contributed by atoms with Crippen LogP contribution in [0.1, 0.15) is 12.5 Å². The van der Waals surface area contributed by atoms with Gasteiger partial charge >= 0.3 is 0 Å². The number of ether oxygens (including phenoxy) is 2. The predicted molar refractivity (Wildman–Crippen MR) is 85.2 cm³/mol. The topological polar surface area (TPSA) is 67.8 Å². The van der Waals surface area contributed by atoms with Crippen LogP contribution in [-0.2, 0) is 11.2 Å². The molecule has 2 N–H and O–H groups in total. The van der Waals surface area contributed by atoms with Gasteiger partial charge in [0.05, 0.1) is 27.2 Å². The molecule has 0 bridgehead atoms. The van der Waals surface area contributed by atoms with Crippen LogP contribution in [0.2, 0.25) is 0 Å². The molecule has 0 aliphatic carbocycles. The lowest BCUT2D eigenvalue weighted by molar-refractivity contribution is -0.121. The summed E-state index contributed by atoms with van der Waals surface area (Å²) in [4.78, 5) is 12.1. The van der Waals surface area contributed by atoms with Gasteiger partial charge in [0.15, 0.2) is 0 Å². The quantitative estimate of drug-likeness (QED) is 0.761. The molecule has 0 spiro atoms. The first-order valence-corrected chi connectivity index (χ1v) is 7.98. The number of thioether (sulfide) groups is 1. The number of nitrogens with one attached hydrogen (secondary N) is 1. The van der Waals surface area contributed by atoms with Crippen molar-refractivity contribution in [3.05, 3.63) is 23.8 Å². The normalized spacial score (nSPS) is 13.4. The summed E-state index contributed by atoms with van der Waals surface area (Å²) < 4.78 is 10.4. The van der Waals surface area contributed by atoms with Crippen LogP contribution in [0.5, 0.6) is 11.5 Å². The summed E-state index contributed by atoms with van der Waals surface area (Å²) in [7, 11) is 3.15. The first kappa shape index (κ1) is 17.7. The van der Waals surface area contributed by atoms with Crippen molar-refractivity contribution in [1.82, 2.24) is 5.32 Å². The van der Waals surface area contributed by atoms with Gasteiger partial charge in [0.1, 0.15) is 11.5 Å². The van der Waals surface area contributed by atoms with Gasteiger partial charge in [-0.15, -0.1) is 0 Å². The van der Waals surface area contributed by atoms with E-state index in [1.165, 1.54) is 11.8 Å². The Hall–Kier alpha value is -1.40. The molecule has 0 aliphatic heterocycles. The molecular weight excluding hydrogens is 290 g/mol. The Morgan fingerprint density at radius 1 is 1.38 bits per heavy atom. The average molecular weight is 313 g/mol. The molecule has 0 saturated carbocycles. The third-order valence-electron chi connectivity index (χ3n) is 3.27. The zero-order valence-corrected chi connectivity index (χ0v) is 13.7. The predicted octanol–water partition coefficient (Wildman–Crippen LogP) is 1.47. The van der Waals surface area contributed by atoms with Crippen molar-refractivity contribution in [3.8, 4) is 11.5 Å². The summed E-state index contributed by atoms with van der Waals surface area (Å²) in [6, 6.07) is 5.28. The van der Waals surface area contributed by atoms with Gasteiger partial charge in [-0.05, 0) is 19.2 Å². The van der Waals surface area contributed by atoms with E-state index in [2.05, 4.69) is 5.32 Å².